The first-order valence-corrected chi connectivity index (χ1v) is 8.05. The van der Waals surface area contributed by atoms with Gasteiger partial charge in [-0.25, -0.2) is 0 Å². The molecule has 1 fully saturated rings. The molecule has 1 saturated heterocycles. The van der Waals surface area contributed by atoms with Crippen molar-refractivity contribution < 1.29 is 9.53 Å². The molecule has 0 spiro atoms. The number of hydrogen-bond acceptors (Lipinski definition) is 3. The first-order chi connectivity index (χ1) is 10.7. The van der Waals surface area contributed by atoms with E-state index in [0.717, 1.165) is 34.4 Å². The summed E-state index contributed by atoms with van der Waals surface area (Å²) in [6.07, 6.45) is 1.45. The Morgan fingerprint density at radius 2 is 1.86 bits per heavy atom. The quantitative estimate of drug-likeness (QED) is 0.853. The van der Waals surface area contributed by atoms with Crippen LogP contribution in [0.2, 0.25) is 0 Å². The molecule has 1 heterocycles. The van der Waals surface area contributed by atoms with Crippen molar-refractivity contribution in [2.75, 3.05) is 17.2 Å². The van der Waals surface area contributed by atoms with E-state index in [1.807, 2.05) is 48.5 Å². The van der Waals surface area contributed by atoms with E-state index in [2.05, 4.69) is 26.6 Å². The highest BCUT2D eigenvalue weighted by Gasteiger charge is 2.23. The maximum Gasteiger partial charge on any atom is 0.253 e. The average Bonchev–Trinajstić information content (AvgIpc) is 3.04. The molecule has 2 aromatic carbocycles. The molecular weight excluding hydrogens is 344 g/mol. The molecule has 0 aliphatic carbocycles. The minimum atomic E-state index is -0.306. The van der Waals surface area contributed by atoms with Crippen LogP contribution in [0.15, 0.2) is 53.0 Å². The third-order valence-corrected chi connectivity index (χ3v) is 3.98. The number of halogens is 1. The molecule has 1 aliphatic rings. The van der Waals surface area contributed by atoms with E-state index in [0.29, 0.717) is 6.61 Å². The first kappa shape index (κ1) is 15.1. The summed E-state index contributed by atoms with van der Waals surface area (Å²) in [4.78, 5) is 12.0. The van der Waals surface area contributed by atoms with Crippen LogP contribution in [-0.2, 0) is 9.53 Å². The van der Waals surface area contributed by atoms with Crippen molar-refractivity contribution in [2.45, 2.75) is 18.9 Å². The van der Waals surface area contributed by atoms with Gasteiger partial charge in [0, 0.05) is 28.1 Å². The molecule has 114 valence electrons. The molecule has 1 aliphatic heterocycles. The van der Waals surface area contributed by atoms with E-state index in [9.17, 15) is 4.79 Å². The lowest BCUT2D eigenvalue weighted by Gasteiger charge is -2.11. The van der Waals surface area contributed by atoms with Crippen molar-refractivity contribution >= 4 is 38.9 Å². The zero-order chi connectivity index (χ0) is 15.4. The monoisotopic (exact) mass is 360 g/mol. The Morgan fingerprint density at radius 1 is 1.09 bits per heavy atom. The second-order valence-electron chi connectivity index (χ2n) is 5.20. The Bertz CT molecular complexity index is 652. The van der Waals surface area contributed by atoms with Gasteiger partial charge in [0.1, 0.15) is 6.10 Å². The Kier molecular flexibility index (Phi) is 4.75. The van der Waals surface area contributed by atoms with Crippen molar-refractivity contribution in [3.8, 4) is 0 Å². The van der Waals surface area contributed by atoms with Crippen LogP contribution in [0.1, 0.15) is 12.8 Å². The van der Waals surface area contributed by atoms with Crippen LogP contribution in [0.4, 0.5) is 17.1 Å². The number of amides is 1. The summed E-state index contributed by atoms with van der Waals surface area (Å²) in [6.45, 7) is 0.674. The Hall–Kier alpha value is -1.85. The van der Waals surface area contributed by atoms with Gasteiger partial charge in [0.15, 0.2) is 0 Å². The lowest BCUT2D eigenvalue weighted by molar-refractivity contribution is -0.124. The Labute approximate surface area is 138 Å². The lowest BCUT2D eigenvalue weighted by Crippen LogP contribution is -2.26. The van der Waals surface area contributed by atoms with E-state index in [1.54, 1.807) is 0 Å². The van der Waals surface area contributed by atoms with Crippen LogP contribution in [-0.4, -0.2) is 18.6 Å². The molecule has 0 saturated carbocycles. The highest BCUT2D eigenvalue weighted by Crippen LogP contribution is 2.22. The van der Waals surface area contributed by atoms with E-state index >= 15 is 0 Å². The predicted octanol–water partition coefficient (Wildman–Crippen LogP) is 4.31. The molecule has 1 amide bonds. The fourth-order valence-corrected chi connectivity index (χ4v) is 2.78. The summed E-state index contributed by atoms with van der Waals surface area (Å²) in [7, 11) is 0. The average molecular weight is 361 g/mol. The molecule has 2 N–H and O–H groups in total. The molecule has 0 aromatic heterocycles. The number of hydrogen-bond donors (Lipinski definition) is 2. The van der Waals surface area contributed by atoms with Crippen LogP contribution in [0, 0.1) is 0 Å². The number of nitrogens with one attached hydrogen (secondary N) is 2. The predicted molar refractivity (Wildman–Crippen MR) is 91.5 cm³/mol. The molecule has 0 bridgehead atoms. The molecule has 1 unspecified atom stereocenters. The summed E-state index contributed by atoms with van der Waals surface area (Å²) in [6, 6.07) is 15.6. The second kappa shape index (κ2) is 6.94. The number of rotatable bonds is 4. The Balaban J connectivity index is 1.61. The molecule has 22 heavy (non-hydrogen) atoms. The summed E-state index contributed by atoms with van der Waals surface area (Å²) >= 11 is 3.45. The van der Waals surface area contributed by atoms with Crippen LogP contribution in [0.5, 0.6) is 0 Å². The zero-order valence-electron chi connectivity index (χ0n) is 12.0. The molecule has 4 nitrogen and oxygen atoms in total. The maximum atomic E-state index is 12.0. The van der Waals surface area contributed by atoms with Gasteiger partial charge in [0.2, 0.25) is 0 Å². The summed E-state index contributed by atoms with van der Waals surface area (Å²) in [5, 5.41) is 6.20. The number of carbonyl (C=O) groups is 1. The van der Waals surface area contributed by atoms with Crippen molar-refractivity contribution in [3.05, 3.63) is 53.0 Å². The van der Waals surface area contributed by atoms with Crippen molar-refractivity contribution in [1.29, 1.82) is 0 Å². The van der Waals surface area contributed by atoms with Gasteiger partial charge in [0.25, 0.3) is 5.91 Å². The molecule has 3 rings (SSSR count). The Morgan fingerprint density at radius 3 is 2.55 bits per heavy atom. The molecular formula is C17H17BrN2O2. The first-order valence-electron chi connectivity index (χ1n) is 7.26. The smallest absolute Gasteiger partial charge is 0.253 e. The standard InChI is InChI=1S/C17H17BrN2O2/c18-12-3-1-4-15(11-12)19-13-6-8-14(9-7-13)20-17(21)16-5-2-10-22-16/h1,3-4,6-9,11,16,19H,2,5,10H2,(H,20,21). The topological polar surface area (TPSA) is 50.4 Å². The fourth-order valence-electron chi connectivity index (χ4n) is 2.38. The normalized spacial score (nSPS) is 17.2. The van der Waals surface area contributed by atoms with Gasteiger partial charge in [-0.15, -0.1) is 0 Å². The zero-order valence-corrected chi connectivity index (χ0v) is 13.6. The van der Waals surface area contributed by atoms with Crippen molar-refractivity contribution in [3.63, 3.8) is 0 Å². The minimum absolute atomic E-state index is 0.0646. The van der Waals surface area contributed by atoms with E-state index in [-0.39, 0.29) is 12.0 Å². The molecule has 2 aromatic rings. The number of ether oxygens (including phenoxy) is 1. The van der Waals surface area contributed by atoms with Crippen LogP contribution >= 0.6 is 15.9 Å². The largest absolute Gasteiger partial charge is 0.368 e. The maximum absolute atomic E-state index is 12.0. The van der Waals surface area contributed by atoms with Gasteiger partial charge < -0.3 is 15.4 Å². The van der Waals surface area contributed by atoms with Crippen LogP contribution in [0.3, 0.4) is 0 Å². The summed E-state index contributed by atoms with van der Waals surface area (Å²) in [5.41, 5.74) is 2.75. The van der Waals surface area contributed by atoms with Crippen LogP contribution < -0.4 is 10.6 Å². The number of anilines is 3. The highest BCUT2D eigenvalue weighted by molar-refractivity contribution is 9.10. The summed E-state index contributed by atoms with van der Waals surface area (Å²) < 4.78 is 6.40. The van der Waals surface area contributed by atoms with Crippen molar-refractivity contribution in [2.24, 2.45) is 0 Å². The minimum Gasteiger partial charge on any atom is -0.368 e. The number of carbonyl (C=O) groups excluding carboxylic acids is 1. The van der Waals surface area contributed by atoms with Gasteiger partial charge in [-0.05, 0) is 55.3 Å². The van der Waals surface area contributed by atoms with Gasteiger partial charge in [-0.3, -0.25) is 4.79 Å². The second-order valence-corrected chi connectivity index (χ2v) is 6.12. The van der Waals surface area contributed by atoms with E-state index in [1.165, 1.54) is 0 Å². The third kappa shape index (κ3) is 3.87. The fraction of sp³-hybridized carbons (Fsp3) is 0.235. The van der Waals surface area contributed by atoms with E-state index in [4.69, 9.17) is 4.74 Å². The summed E-state index contributed by atoms with van der Waals surface area (Å²) in [5.74, 6) is -0.0646. The SMILES string of the molecule is O=C(Nc1ccc(Nc2cccc(Br)c2)cc1)C1CCCO1. The van der Waals surface area contributed by atoms with Gasteiger partial charge >= 0.3 is 0 Å². The van der Waals surface area contributed by atoms with Gasteiger partial charge in [-0.2, -0.15) is 0 Å². The highest BCUT2D eigenvalue weighted by atomic mass is 79.9. The van der Waals surface area contributed by atoms with Gasteiger partial charge in [0.05, 0.1) is 0 Å². The molecule has 1 atom stereocenters. The number of benzene rings is 2. The third-order valence-electron chi connectivity index (χ3n) is 3.49. The molecule has 5 heteroatoms. The lowest BCUT2D eigenvalue weighted by atomic mass is 10.2. The van der Waals surface area contributed by atoms with Crippen LogP contribution in [0.25, 0.3) is 0 Å². The molecule has 0 radical (unpaired) electrons. The van der Waals surface area contributed by atoms with Gasteiger partial charge in [-0.1, -0.05) is 22.0 Å². The van der Waals surface area contributed by atoms with Crippen molar-refractivity contribution in [1.82, 2.24) is 0 Å². The van der Waals surface area contributed by atoms with E-state index < -0.39 is 0 Å².